The fourth-order valence-corrected chi connectivity index (χ4v) is 2.77. The molecule has 0 radical (unpaired) electrons. The average molecular weight is 300 g/mol. The summed E-state index contributed by atoms with van der Waals surface area (Å²) in [6, 6.07) is 17.3. The van der Waals surface area contributed by atoms with Crippen molar-refractivity contribution in [1.29, 1.82) is 5.26 Å². The van der Waals surface area contributed by atoms with Gasteiger partial charge >= 0.3 is 0 Å². The molecule has 0 bridgehead atoms. The Labute approximate surface area is 126 Å². The highest BCUT2D eigenvalue weighted by Crippen LogP contribution is 2.28. The Morgan fingerprint density at radius 3 is 2.30 bits per heavy atom. The van der Waals surface area contributed by atoms with Gasteiger partial charge in [-0.15, -0.1) is 11.8 Å². The van der Waals surface area contributed by atoms with Crippen molar-refractivity contribution in [2.24, 2.45) is 4.99 Å². The van der Waals surface area contributed by atoms with Gasteiger partial charge in [-0.05, 0) is 42.7 Å². The molecule has 0 aromatic heterocycles. The van der Waals surface area contributed by atoms with Crippen molar-refractivity contribution in [1.82, 2.24) is 0 Å². The Morgan fingerprint density at radius 2 is 1.70 bits per heavy atom. The zero-order valence-electron chi connectivity index (χ0n) is 10.8. The van der Waals surface area contributed by atoms with Crippen LogP contribution < -0.4 is 4.74 Å². The molecule has 0 fully saturated rings. The predicted octanol–water partition coefficient (Wildman–Crippen LogP) is 4.77. The minimum Gasteiger partial charge on any atom is -0.457 e. The number of benzene rings is 2. The van der Waals surface area contributed by atoms with Crippen LogP contribution in [0, 0.1) is 11.5 Å². The molecule has 20 heavy (non-hydrogen) atoms. The van der Waals surface area contributed by atoms with Crippen LogP contribution in [0.2, 0.25) is 0 Å². The average Bonchev–Trinajstić information content (AvgIpc) is 2.50. The molecule has 0 unspecified atom stereocenters. The molecule has 0 amide bonds. The van der Waals surface area contributed by atoms with Crippen molar-refractivity contribution in [2.45, 2.75) is 4.90 Å². The minimum absolute atomic E-state index is 0.726. The molecule has 100 valence electrons. The van der Waals surface area contributed by atoms with E-state index in [-0.39, 0.29) is 0 Å². The van der Waals surface area contributed by atoms with Crippen molar-refractivity contribution >= 4 is 27.9 Å². The maximum atomic E-state index is 8.57. The summed E-state index contributed by atoms with van der Waals surface area (Å²) in [6.45, 7) is 0. The van der Waals surface area contributed by atoms with Gasteiger partial charge in [-0.2, -0.15) is 10.3 Å². The number of aliphatic imine (C=N–C) groups is 1. The lowest BCUT2D eigenvalue weighted by Crippen LogP contribution is -1.85. The van der Waals surface area contributed by atoms with Crippen LogP contribution in [0.15, 0.2) is 64.5 Å². The molecule has 2 rings (SSSR count). The Bertz CT molecular complexity index is 619. The van der Waals surface area contributed by atoms with Crippen molar-refractivity contribution < 1.29 is 4.74 Å². The van der Waals surface area contributed by atoms with Gasteiger partial charge in [0.1, 0.15) is 15.9 Å². The van der Waals surface area contributed by atoms with Gasteiger partial charge < -0.3 is 4.74 Å². The third-order valence-electron chi connectivity index (χ3n) is 2.32. The molecule has 0 aliphatic heterocycles. The van der Waals surface area contributed by atoms with E-state index in [4.69, 9.17) is 10.00 Å². The molecule has 5 heteroatoms. The quantitative estimate of drug-likeness (QED) is 0.354. The highest BCUT2D eigenvalue weighted by molar-refractivity contribution is 8.38. The first-order valence-electron chi connectivity index (χ1n) is 5.83. The molecule has 0 heterocycles. The number of hydrogen-bond donors (Lipinski definition) is 0. The number of thioether (sulfide) groups is 2. The molecule has 0 N–H and O–H groups in total. The van der Waals surface area contributed by atoms with Crippen LogP contribution >= 0.6 is 23.5 Å². The zero-order chi connectivity index (χ0) is 14.2. The summed E-state index contributed by atoms with van der Waals surface area (Å²) in [7, 11) is 0. The Hall–Kier alpha value is -1.90. The SMILES string of the molecule is CSC(=NC#N)Sc1ccc(Oc2ccccc2)cc1. The van der Waals surface area contributed by atoms with E-state index in [1.54, 1.807) is 6.19 Å². The number of nitriles is 1. The molecule has 0 saturated carbocycles. The fraction of sp³-hybridized carbons (Fsp3) is 0.0667. The summed E-state index contributed by atoms with van der Waals surface area (Å²) in [5, 5.41) is 8.57. The van der Waals surface area contributed by atoms with Crippen molar-refractivity contribution in [3.63, 3.8) is 0 Å². The number of para-hydroxylation sites is 1. The molecule has 0 aliphatic rings. The second kappa shape index (κ2) is 7.63. The number of hydrogen-bond acceptors (Lipinski definition) is 5. The molecule has 0 saturated heterocycles. The maximum absolute atomic E-state index is 8.57. The molecule has 0 atom stereocenters. The number of nitrogens with zero attached hydrogens (tertiary/aromatic N) is 2. The van der Waals surface area contributed by atoms with Gasteiger partial charge in [0.15, 0.2) is 0 Å². The molecule has 2 aromatic carbocycles. The maximum Gasteiger partial charge on any atom is 0.207 e. The highest BCUT2D eigenvalue weighted by atomic mass is 32.2. The van der Waals surface area contributed by atoms with E-state index in [9.17, 15) is 0 Å². The van der Waals surface area contributed by atoms with Crippen LogP contribution in [-0.4, -0.2) is 10.6 Å². The van der Waals surface area contributed by atoms with Gasteiger partial charge in [-0.3, -0.25) is 0 Å². The minimum atomic E-state index is 0.726. The summed E-state index contributed by atoms with van der Waals surface area (Å²) in [5.74, 6) is 1.59. The van der Waals surface area contributed by atoms with Gasteiger partial charge in [0.25, 0.3) is 0 Å². The zero-order valence-corrected chi connectivity index (χ0v) is 12.4. The fourth-order valence-electron chi connectivity index (χ4n) is 1.45. The summed E-state index contributed by atoms with van der Waals surface area (Å²) in [4.78, 5) is 4.77. The van der Waals surface area contributed by atoms with E-state index < -0.39 is 0 Å². The highest BCUT2D eigenvalue weighted by Gasteiger charge is 2.02. The predicted molar refractivity (Wildman–Crippen MR) is 85.4 cm³/mol. The summed E-state index contributed by atoms with van der Waals surface area (Å²) in [5.41, 5.74) is 0. The van der Waals surface area contributed by atoms with Crippen molar-refractivity contribution in [3.8, 4) is 17.7 Å². The first kappa shape index (κ1) is 14.5. The van der Waals surface area contributed by atoms with Crippen LogP contribution in [0.3, 0.4) is 0 Å². The lowest BCUT2D eigenvalue weighted by Gasteiger charge is -2.06. The molecule has 0 spiro atoms. The van der Waals surface area contributed by atoms with Gasteiger partial charge in [0.05, 0.1) is 0 Å². The largest absolute Gasteiger partial charge is 0.457 e. The van der Waals surface area contributed by atoms with E-state index in [0.717, 1.165) is 20.8 Å². The lowest BCUT2D eigenvalue weighted by molar-refractivity contribution is 0.482. The second-order valence-electron chi connectivity index (χ2n) is 3.67. The Balaban J connectivity index is 2.03. The van der Waals surface area contributed by atoms with Crippen LogP contribution in [0.25, 0.3) is 0 Å². The van der Waals surface area contributed by atoms with Gasteiger partial charge in [-0.1, -0.05) is 30.0 Å². The van der Waals surface area contributed by atoms with Crippen molar-refractivity contribution in [3.05, 3.63) is 54.6 Å². The van der Waals surface area contributed by atoms with Crippen LogP contribution in [0.1, 0.15) is 0 Å². The smallest absolute Gasteiger partial charge is 0.207 e. The van der Waals surface area contributed by atoms with E-state index in [0.29, 0.717) is 0 Å². The van der Waals surface area contributed by atoms with E-state index in [2.05, 4.69) is 4.99 Å². The topological polar surface area (TPSA) is 45.4 Å². The van der Waals surface area contributed by atoms with Gasteiger partial charge in [0, 0.05) is 4.90 Å². The molecule has 0 aliphatic carbocycles. The first-order valence-corrected chi connectivity index (χ1v) is 7.87. The summed E-state index contributed by atoms with van der Waals surface area (Å²) >= 11 is 2.92. The normalized spacial score (nSPS) is 10.9. The third kappa shape index (κ3) is 4.34. The Kier molecular flexibility index (Phi) is 5.54. The summed E-state index contributed by atoms with van der Waals surface area (Å²) < 4.78 is 6.44. The van der Waals surface area contributed by atoms with Crippen LogP contribution in [0.4, 0.5) is 0 Å². The summed E-state index contributed by atoms with van der Waals surface area (Å²) in [6.07, 6.45) is 3.70. The van der Waals surface area contributed by atoms with Crippen molar-refractivity contribution in [2.75, 3.05) is 6.26 Å². The van der Waals surface area contributed by atoms with Gasteiger partial charge in [-0.25, -0.2) is 0 Å². The first-order chi connectivity index (χ1) is 9.81. The Morgan fingerprint density at radius 1 is 1.05 bits per heavy atom. The molecule has 3 nitrogen and oxygen atoms in total. The van der Waals surface area contributed by atoms with E-state index in [1.807, 2.05) is 60.9 Å². The monoisotopic (exact) mass is 300 g/mol. The number of rotatable bonds is 3. The molecule has 2 aromatic rings. The second-order valence-corrected chi connectivity index (χ2v) is 5.79. The van der Waals surface area contributed by atoms with E-state index in [1.165, 1.54) is 23.5 Å². The third-order valence-corrected chi connectivity index (χ3v) is 4.29. The van der Waals surface area contributed by atoms with Crippen LogP contribution in [-0.2, 0) is 0 Å². The molecular formula is C15H12N2OS2. The van der Waals surface area contributed by atoms with Crippen LogP contribution in [0.5, 0.6) is 11.5 Å². The van der Waals surface area contributed by atoms with Gasteiger partial charge in [0.2, 0.25) is 6.19 Å². The van der Waals surface area contributed by atoms with E-state index >= 15 is 0 Å². The molecular weight excluding hydrogens is 288 g/mol. The standard InChI is InChI=1S/C15H12N2OS2/c1-19-15(17-11-16)20-14-9-7-13(8-10-14)18-12-5-3-2-4-6-12/h2-10H,1H3. The number of ether oxygens (including phenoxy) is 1. The lowest BCUT2D eigenvalue weighted by atomic mass is 10.3.